The van der Waals surface area contributed by atoms with Gasteiger partial charge in [-0.1, -0.05) is 12.1 Å². The normalized spacial score (nSPS) is 19.2. The largest absolute Gasteiger partial charge is 0.573 e. The second-order valence-electron chi connectivity index (χ2n) is 4.59. The van der Waals surface area contributed by atoms with E-state index in [1.54, 1.807) is 12.1 Å². The van der Waals surface area contributed by atoms with E-state index in [0.29, 0.717) is 19.1 Å². The monoisotopic (exact) mass is 275 g/mol. The van der Waals surface area contributed by atoms with E-state index >= 15 is 0 Å². The molecule has 1 saturated heterocycles. The number of halogens is 3. The predicted octanol–water partition coefficient (Wildman–Crippen LogP) is 3.01. The number of benzene rings is 1. The molecule has 1 aliphatic rings. The topological polar surface area (TPSA) is 44.5 Å². The van der Waals surface area contributed by atoms with Crippen LogP contribution in [0.15, 0.2) is 24.3 Å². The molecule has 1 aliphatic heterocycles. The van der Waals surface area contributed by atoms with Crippen molar-refractivity contribution in [2.45, 2.75) is 25.2 Å². The van der Waals surface area contributed by atoms with Crippen molar-refractivity contribution >= 4 is 0 Å². The number of hydrogen-bond acceptors (Lipinski definition) is 3. The molecule has 1 fully saturated rings. The third kappa shape index (κ3) is 4.11. The van der Waals surface area contributed by atoms with Gasteiger partial charge >= 0.3 is 6.36 Å². The molecule has 0 bridgehead atoms. The highest BCUT2D eigenvalue weighted by Crippen LogP contribution is 2.30. The molecule has 0 radical (unpaired) electrons. The molecule has 0 amide bonds. The van der Waals surface area contributed by atoms with Crippen molar-refractivity contribution in [2.24, 2.45) is 11.7 Å². The lowest BCUT2D eigenvalue weighted by atomic mass is 9.88. The van der Waals surface area contributed by atoms with E-state index in [2.05, 4.69) is 4.74 Å². The SMILES string of the molecule is N[C@H](c1ccc(OC(F)(F)F)cc1)C1CCOCC1. The highest BCUT2D eigenvalue weighted by atomic mass is 19.4. The molecular formula is C13H16F3NO2. The average Bonchev–Trinajstić information content (AvgIpc) is 2.38. The zero-order chi connectivity index (χ0) is 13.9. The lowest BCUT2D eigenvalue weighted by molar-refractivity contribution is -0.274. The maximum Gasteiger partial charge on any atom is 0.573 e. The Morgan fingerprint density at radius 1 is 1.16 bits per heavy atom. The lowest BCUT2D eigenvalue weighted by Crippen LogP contribution is -2.27. The fourth-order valence-corrected chi connectivity index (χ4v) is 2.24. The summed E-state index contributed by atoms with van der Waals surface area (Å²) in [4.78, 5) is 0. The summed E-state index contributed by atoms with van der Waals surface area (Å²) in [5, 5.41) is 0. The van der Waals surface area contributed by atoms with Crippen molar-refractivity contribution in [3.05, 3.63) is 29.8 Å². The smallest absolute Gasteiger partial charge is 0.406 e. The molecule has 0 unspecified atom stereocenters. The molecule has 0 saturated carbocycles. The Hall–Kier alpha value is -1.27. The van der Waals surface area contributed by atoms with Gasteiger partial charge in [0, 0.05) is 19.3 Å². The van der Waals surface area contributed by atoms with Crippen molar-refractivity contribution < 1.29 is 22.6 Å². The third-order valence-electron chi connectivity index (χ3n) is 3.27. The number of hydrogen-bond donors (Lipinski definition) is 1. The van der Waals surface area contributed by atoms with Crippen LogP contribution in [0.5, 0.6) is 5.75 Å². The summed E-state index contributed by atoms with van der Waals surface area (Å²) in [6, 6.07) is 5.58. The van der Waals surface area contributed by atoms with Crippen molar-refractivity contribution in [2.75, 3.05) is 13.2 Å². The van der Waals surface area contributed by atoms with Crippen LogP contribution in [0.25, 0.3) is 0 Å². The number of ether oxygens (including phenoxy) is 2. The minimum Gasteiger partial charge on any atom is -0.406 e. The van der Waals surface area contributed by atoms with Gasteiger partial charge in [0.2, 0.25) is 0 Å². The highest BCUT2D eigenvalue weighted by molar-refractivity contribution is 5.29. The Kier molecular flexibility index (Phi) is 4.31. The van der Waals surface area contributed by atoms with Crippen LogP contribution in [-0.2, 0) is 4.74 Å². The second-order valence-corrected chi connectivity index (χ2v) is 4.59. The van der Waals surface area contributed by atoms with Gasteiger partial charge in [0.05, 0.1) is 0 Å². The van der Waals surface area contributed by atoms with Gasteiger partial charge in [-0.2, -0.15) is 0 Å². The van der Waals surface area contributed by atoms with Gasteiger partial charge in [0.25, 0.3) is 0 Å². The summed E-state index contributed by atoms with van der Waals surface area (Å²) >= 11 is 0. The molecule has 1 aromatic rings. The van der Waals surface area contributed by atoms with E-state index < -0.39 is 6.36 Å². The van der Waals surface area contributed by atoms with Crippen LogP contribution in [-0.4, -0.2) is 19.6 Å². The number of alkyl halides is 3. The van der Waals surface area contributed by atoms with E-state index in [9.17, 15) is 13.2 Å². The number of nitrogens with two attached hydrogens (primary N) is 1. The van der Waals surface area contributed by atoms with E-state index in [1.807, 2.05) is 0 Å². The first-order valence-electron chi connectivity index (χ1n) is 6.15. The van der Waals surface area contributed by atoms with E-state index in [0.717, 1.165) is 18.4 Å². The Morgan fingerprint density at radius 3 is 2.26 bits per heavy atom. The third-order valence-corrected chi connectivity index (χ3v) is 3.27. The summed E-state index contributed by atoms with van der Waals surface area (Å²) in [5.41, 5.74) is 6.95. The van der Waals surface area contributed by atoms with Gasteiger partial charge in [0.15, 0.2) is 0 Å². The molecule has 1 heterocycles. The summed E-state index contributed by atoms with van der Waals surface area (Å²) in [6.45, 7) is 1.38. The average molecular weight is 275 g/mol. The standard InChI is InChI=1S/C13H16F3NO2/c14-13(15,16)19-11-3-1-9(2-4-11)12(17)10-5-7-18-8-6-10/h1-4,10,12H,5-8,17H2/t12-/m1/s1. The molecule has 1 aromatic carbocycles. The lowest BCUT2D eigenvalue weighted by Gasteiger charge is -2.28. The molecule has 2 rings (SSSR count). The van der Waals surface area contributed by atoms with Crippen LogP contribution in [0.2, 0.25) is 0 Å². The van der Waals surface area contributed by atoms with E-state index in [4.69, 9.17) is 10.5 Å². The summed E-state index contributed by atoms with van der Waals surface area (Å²) in [5.74, 6) is 0.0820. The summed E-state index contributed by atoms with van der Waals surface area (Å²) < 4.78 is 45.2. The maximum atomic E-state index is 12.0. The van der Waals surface area contributed by atoms with Gasteiger partial charge in [-0.15, -0.1) is 13.2 Å². The Morgan fingerprint density at radius 2 is 1.74 bits per heavy atom. The second kappa shape index (κ2) is 5.79. The fourth-order valence-electron chi connectivity index (χ4n) is 2.24. The molecule has 106 valence electrons. The van der Waals surface area contributed by atoms with Gasteiger partial charge in [-0.05, 0) is 36.5 Å². The molecule has 3 nitrogen and oxygen atoms in total. The van der Waals surface area contributed by atoms with Crippen LogP contribution in [0, 0.1) is 5.92 Å². The molecular weight excluding hydrogens is 259 g/mol. The zero-order valence-corrected chi connectivity index (χ0v) is 10.3. The van der Waals surface area contributed by atoms with Crippen LogP contribution in [0.3, 0.4) is 0 Å². The van der Waals surface area contributed by atoms with E-state index in [1.165, 1.54) is 12.1 Å². The van der Waals surface area contributed by atoms with Gasteiger partial charge in [-0.3, -0.25) is 0 Å². The predicted molar refractivity (Wildman–Crippen MR) is 63.6 cm³/mol. The van der Waals surface area contributed by atoms with Gasteiger partial charge in [-0.25, -0.2) is 0 Å². The molecule has 0 aliphatic carbocycles. The first-order valence-corrected chi connectivity index (χ1v) is 6.15. The fraction of sp³-hybridized carbons (Fsp3) is 0.538. The minimum absolute atomic E-state index is 0.177. The van der Waals surface area contributed by atoms with Crippen LogP contribution in [0.4, 0.5) is 13.2 Å². The molecule has 0 spiro atoms. The van der Waals surface area contributed by atoms with Crippen molar-refractivity contribution in [1.82, 2.24) is 0 Å². The molecule has 2 N–H and O–H groups in total. The van der Waals surface area contributed by atoms with Crippen LogP contribution >= 0.6 is 0 Å². The minimum atomic E-state index is -4.66. The van der Waals surface area contributed by atoms with Crippen LogP contribution in [0.1, 0.15) is 24.4 Å². The molecule has 0 aromatic heterocycles. The summed E-state index contributed by atoms with van der Waals surface area (Å²) in [7, 11) is 0. The molecule has 19 heavy (non-hydrogen) atoms. The van der Waals surface area contributed by atoms with Crippen molar-refractivity contribution in [1.29, 1.82) is 0 Å². The Bertz CT molecular complexity index is 399. The Labute approximate surface area is 109 Å². The van der Waals surface area contributed by atoms with Crippen LogP contribution < -0.4 is 10.5 Å². The molecule has 6 heteroatoms. The number of rotatable bonds is 3. The molecule has 1 atom stereocenters. The maximum absolute atomic E-state index is 12.0. The first-order chi connectivity index (χ1) is 8.96. The zero-order valence-electron chi connectivity index (χ0n) is 10.3. The van der Waals surface area contributed by atoms with Gasteiger partial charge in [0.1, 0.15) is 5.75 Å². The van der Waals surface area contributed by atoms with E-state index in [-0.39, 0.29) is 11.8 Å². The highest BCUT2D eigenvalue weighted by Gasteiger charge is 2.31. The first kappa shape index (κ1) is 14.1. The quantitative estimate of drug-likeness (QED) is 0.922. The van der Waals surface area contributed by atoms with Crippen molar-refractivity contribution in [3.63, 3.8) is 0 Å². The summed E-state index contributed by atoms with van der Waals surface area (Å²) in [6.07, 6.45) is -2.91. The van der Waals surface area contributed by atoms with Gasteiger partial charge < -0.3 is 15.2 Å². The van der Waals surface area contributed by atoms with Crippen molar-refractivity contribution in [3.8, 4) is 5.75 Å². The Balaban J connectivity index is 2.01.